The van der Waals surface area contributed by atoms with Gasteiger partial charge < -0.3 is 19.1 Å². The van der Waals surface area contributed by atoms with Crippen LogP contribution in [0, 0.1) is 10.1 Å². The SMILES string of the molecule is CCOP(=O)(OCC)C(Nc1ccccc1)c1ccc([N+](=O)[O-])c(OC)c1. The Morgan fingerprint density at radius 2 is 1.74 bits per heavy atom. The minimum Gasteiger partial charge on any atom is -0.490 e. The van der Waals surface area contributed by atoms with Gasteiger partial charge in [0.2, 0.25) is 0 Å². The van der Waals surface area contributed by atoms with Crippen molar-refractivity contribution in [1.29, 1.82) is 0 Å². The Morgan fingerprint density at radius 1 is 1.11 bits per heavy atom. The Labute approximate surface area is 158 Å². The van der Waals surface area contributed by atoms with Crippen LogP contribution < -0.4 is 10.1 Å². The molecule has 0 heterocycles. The predicted molar refractivity (Wildman–Crippen MR) is 103 cm³/mol. The van der Waals surface area contributed by atoms with Crippen LogP contribution in [0.15, 0.2) is 48.5 Å². The van der Waals surface area contributed by atoms with Crippen LogP contribution in [0.5, 0.6) is 5.75 Å². The van der Waals surface area contributed by atoms with Gasteiger partial charge in [0.25, 0.3) is 0 Å². The Kier molecular flexibility index (Phi) is 7.36. The van der Waals surface area contributed by atoms with Crippen LogP contribution in [-0.4, -0.2) is 25.2 Å². The zero-order valence-electron chi connectivity index (χ0n) is 15.5. The number of hydrogen-bond acceptors (Lipinski definition) is 7. The summed E-state index contributed by atoms with van der Waals surface area (Å²) in [5.41, 5.74) is 1.02. The molecule has 0 fully saturated rings. The summed E-state index contributed by atoms with van der Waals surface area (Å²) in [6.07, 6.45) is 0. The van der Waals surface area contributed by atoms with E-state index in [1.807, 2.05) is 30.3 Å². The van der Waals surface area contributed by atoms with Crippen LogP contribution in [0.4, 0.5) is 11.4 Å². The molecule has 27 heavy (non-hydrogen) atoms. The first-order valence-electron chi connectivity index (χ1n) is 8.47. The van der Waals surface area contributed by atoms with Crippen molar-refractivity contribution in [2.24, 2.45) is 0 Å². The first kappa shape index (κ1) is 20.9. The molecule has 8 nitrogen and oxygen atoms in total. The molecule has 0 aliphatic rings. The van der Waals surface area contributed by atoms with Crippen molar-refractivity contribution < 1.29 is 23.3 Å². The normalized spacial score (nSPS) is 12.4. The molecule has 0 aliphatic carbocycles. The van der Waals surface area contributed by atoms with Crippen LogP contribution in [-0.2, 0) is 13.6 Å². The lowest BCUT2D eigenvalue weighted by molar-refractivity contribution is -0.385. The van der Waals surface area contributed by atoms with Gasteiger partial charge in [-0.25, -0.2) is 0 Å². The molecule has 0 saturated carbocycles. The van der Waals surface area contributed by atoms with E-state index < -0.39 is 18.3 Å². The summed E-state index contributed by atoms with van der Waals surface area (Å²) in [6, 6.07) is 13.5. The van der Waals surface area contributed by atoms with E-state index in [-0.39, 0.29) is 24.7 Å². The number of anilines is 1. The number of nitro groups is 1. The monoisotopic (exact) mass is 394 g/mol. The molecule has 0 aromatic heterocycles. The molecule has 2 aromatic rings. The molecule has 146 valence electrons. The third-order valence-electron chi connectivity index (χ3n) is 3.73. The average Bonchev–Trinajstić information content (AvgIpc) is 2.66. The lowest BCUT2D eigenvalue weighted by Crippen LogP contribution is -2.15. The molecule has 0 amide bonds. The van der Waals surface area contributed by atoms with Crippen LogP contribution in [0.2, 0.25) is 0 Å². The van der Waals surface area contributed by atoms with Crippen molar-refractivity contribution in [3.05, 3.63) is 64.2 Å². The number of nitrogens with zero attached hydrogens (tertiary/aromatic N) is 1. The summed E-state index contributed by atoms with van der Waals surface area (Å²) in [5, 5.41) is 14.3. The number of ether oxygens (including phenoxy) is 1. The van der Waals surface area contributed by atoms with Crippen molar-refractivity contribution in [3.8, 4) is 5.75 Å². The van der Waals surface area contributed by atoms with Gasteiger partial charge in [0, 0.05) is 11.8 Å². The summed E-state index contributed by atoms with van der Waals surface area (Å²) < 4.78 is 29.6. The molecule has 1 atom stereocenters. The van der Waals surface area contributed by atoms with E-state index in [0.717, 1.165) is 0 Å². The maximum absolute atomic E-state index is 13.5. The summed E-state index contributed by atoms with van der Waals surface area (Å²) in [4.78, 5) is 10.6. The quantitative estimate of drug-likeness (QED) is 0.344. The zero-order chi connectivity index (χ0) is 19.9. The minimum absolute atomic E-state index is 0.0666. The maximum Gasteiger partial charge on any atom is 0.357 e. The Hall–Kier alpha value is -2.41. The van der Waals surface area contributed by atoms with Gasteiger partial charge in [-0.15, -0.1) is 0 Å². The topological polar surface area (TPSA) is 99.9 Å². The number of nitro benzene ring substituents is 1. The lowest BCUT2D eigenvalue weighted by atomic mass is 10.1. The fourth-order valence-electron chi connectivity index (χ4n) is 2.60. The minimum atomic E-state index is -3.62. The molecular formula is C18H23N2O6P. The van der Waals surface area contributed by atoms with Gasteiger partial charge in [-0.3, -0.25) is 14.7 Å². The van der Waals surface area contributed by atoms with E-state index in [9.17, 15) is 14.7 Å². The second kappa shape index (κ2) is 9.50. The summed E-state index contributed by atoms with van der Waals surface area (Å²) in [6.45, 7) is 3.83. The Balaban J connectivity index is 2.54. The molecule has 0 spiro atoms. The van der Waals surface area contributed by atoms with Crippen LogP contribution in [0.1, 0.15) is 25.2 Å². The van der Waals surface area contributed by atoms with Gasteiger partial charge in [0.15, 0.2) is 11.5 Å². The Bertz CT molecular complexity index is 805. The molecule has 0 bridgehead atoms. The number of benzene rings is 2. The van der Waals surface area contributed by atoms with Gasteiger partial charge in [-0.2, -0.15) is 0 Å². The largest absolute Gasteiger partial charge is 0.490 e. The van der Waals surface area contributed by atoms with Gasteiger partial charge in [0.1, 0.15) is 0 Å². The van der Waals surface area contributed by atoms with Crippen molar-refractivity contribution in [1.82, 2.24) is 0 Å². The van der Waals surface area contributed by atoms with Gasteiger partial charge in [-0.05, 0) is 43.7 Å². The van der Waals surface area contributed by atoms with E-state index in [4.69, 9.17) is 13.8 Å². The van der Waals surface area contributed by atoms with Crippen LogP contribution in [0.3, 0.4) is 0 Å². The molecule has 0 saturated heterocycles. The summed E-state index contributed by atoms with van der Waals surface area (Å²) >= 11 is 0. The highest BCUT2D eigenvalue weighted by molar-refractivity contribution is 7.54. The fraction of sp³-hybridized carbons (Fsp3) is 0.333. The summed E-state index contributed by atoms with van der Waals surface area (Å²) in [5.74, 6) is -0.800. The van der Waals surface area contributed by atoms with Crippen LogP contribution >= 0.6 is 7.60 Å². The molecule has 0 aliphatic heterocycles. The first-order chi connectivity index (χ1) is 12.9. The maximum atomic E-state index is 13.5. The molecule has 2 aromatic carbocycles. The van der Waals surface area contributed by atoms with E-state index in [1.165, 1.54) is 25.3 Å². The molecule has 9 heteroatoms. The van der Waals surface area contributed by atoms with Crippen molar-refractivity contribution in [2.75, 3.05) is 25.6 Å². The second-order valence-electron chi connectivity index (χ2n) is 5.48. The van der Waals surface area contributed by atoms with Gasteiger partial charge >= 0.3 is 13.3 Å². The van der Waals surface area contributed by atoms with Gasteiger partial charge in [0.05, 0.1) is 25.2 Å². The molecule has 1 unspecified atom stereocenters. The zero-order valence-corrected chi connectivity index (χ0v) is 16.3. The van der Waals surface area contributed by atoms with E-state index in [2.05, 4.69) is 5.32 Å². The van der Waals surface area contributed by atoms with Gasteiger partial charge in [-0.1, -0.05) is 18.2 Å². The number of hydrogen-bond donors (Lipinski definition) is 1. The van der Waals surface area contributed by atoms with E-state index >= 15 is 0 Å². The molecule has 2 rings (SSSR count). The number of rotatable bonds is 10. The molecular weight excluding hydrogens is 371 g/mol. The Morgan fingerprint density at radius 3 is 2.26 bits per heavy atom. The average molecular weight is 394 g/mol. The second-order valence-corrected chi connectivity index (χ2v) is 7.59. The lowest BCUT2D eigenvalue weighted by Gasteiger charge is -2.28. The predicted octanol–water partition coefficient (Wildman–Crippen LogP) is 4.98. The molecule has 0 radical (unpaired) electrons. The fourth-order valence-corrected chi connectivity index (χ4v) is 4.52. The van der Waals surface area contributed by atoms with Crippen molar-refractivity contribution >= 4 is 19.0 Å². The van der Waals surface area contributed by atoms with Crippen molar-refractivity contribution in [2.45, 2.75) is 19.6 Å². The highest BCUT2D eigenvalue weighted by atomic mass is 31.2. The third-order valence-corrected chi connectivity index (χ3v) is 6.02. The third kappa shape index (κ3) is 5.07. The molecule has 1 N–H and O–H groups in total. The first-order valence-corrected chi connectivity index (χ1v) is 10.1. The van der Waals surface area contributed by atoms with E-state index in [1.54, 1.807) is 13.8 Å². The number of para-hydroxylation sites is 1. The summed E-state index contributed by atoms with van der Waals surface area (Å²) in [7, 11) is -2.28. The highest BCUT2D eigenvalue weighted by Gasteiger charge is 2.38. The van der Waals surface area contributed by atoms with Crippen LogP contribution in [0.25, 0.3) is 0 Å². The number of methoxy groups -OCH3 is 1. The smallest absolute Gasteiger partial charge is 0.357 e. The van der Waals surface area contributed by atoms with E-state index in [0.29, 0.717) is 11.3 Å². The van der Waals surface area contributed by atoms with Crippen molar-refractivity contribution in [3.63, 3.8) is 0 Å². The number of nitrogens with one attached hydrogen (secondary N) is 1. The highest BCUT2D eigenvalue weighted by Crippen LogP contribution is 2.61. The standard InChI is InChI=1S/C18H23N2O6P/c1-4-25-27(23,26-5-2)18(19-15-9-7-6-8-10-15)14-11-12-16(20(21)22)17(13-14)24-3/h6-13,18-19H,4-5H2,1-3H3.